The average molecular weight is 506 g/mol. The number of piperidine rings is 1. The first kappa shape index (κ1) is 22.0. The van der Waals surface area contributed by atoms with Gasteiger partial charge in [0, 0.05) is 37.7 Å². The molecule has 2 fully saturated rings. The highest BCUT2D eigenvalue weighted by Crippen LogP contribution is 2.47. The monoisotopic (exact) mass is 505 g/mol. The number of rotatable bonds is 3. The van der Waals surface area contributed by atoms with Crippen molar-refractivity contribution < 1.29 is 14.2 Å². The Hall–Kier alpha value is -3.28. The molecule has 10 nitrogen and oxygen atoms in total. The van der Waals surface area contributed by atoms with E-state index in [0.29, 0.717) is 36.4 Å². The minimum Gasteiger partial charge on any atom is -0.486 e. The van der Waals surface area contributed by atoms with E-state index in [9.17, 15) is 0 Å². The number of ether oxygens (including phenoxy) is 3. The highest BCUT2D eigenvalue weighted by Gasteiger charge is 2.48. The van der Waals surface area contributed by atoms with Crippen molar-refractivity contribution in [3.8, 4) is 11.5 Å². The summed E-state index contributed by atoms with van der Waals surface area (Å²) in [6.45, 7) is 3.31. The van der Waals surface area contributed by atoms with Crippen LogP contribution >= 0.6 is 11.8 Å². The van der Waals surface area contributed by atoms with E-state index in [1.807, 2.05) is 24.3 Å². The molecule has 11 heteroatoms. The lowest BCUT2D eigenvalue weighted by molar-refractivity contribution is -0.0652. The van der Waals surface area contributed by atoms with Crippen molar-refractivity contribution in [2.75, 3.05) is 48.9 Å². The first-order valence-electron chi connectivity index (χ1n) is 12.1. The number of para-hydroxylation sites is 1. The lowest BCUT2D eigenvalue weighted by Gasteiger charge is -2.45. The van der Waals surface area contributed by atoms with Gasteiger partial charge in [-0.05, 0) is 12.1 Å². The van der Waals surface area contributed by atoms with E-state index < -0.39 is 0 Å². The summed E-state index contributed by atoms with van der Waals surface area (Å²) in [6, 6.07) is 9.84. The third-order valence-electron chi connectivity index (χ3n) is 7.53. The number of hydrogen-bond donors (Lipinski definition) is 3. The lowest BCUT2D eigenvalue weighted by atomic mass is 9.83. The summed E-state index contributed by atoms with van der Waals surface area (Å²) >= 11 is 1.43. The van der Waals surface area contributed by atoms with Gasteiger partial charge in [-0.1, -0.05) is 30.0 Å². The van der Waals surface area contributed by atoms with Crippen LogP contribution in [-0.2, 0) is 4.74 Å². The number of aromatic nitrogens is 3. The molecule has 4 aliphatic heterocycles. The van der Waals surface area contributed by atoms with Crippen LogP contribution in [0.1, 0.15) is 24.4 Å². The molecule has 0 saturated carbocycles. The number of pyridine rings is 1. The molecule has 7 rings (SSSR count). The highest BCUT2D eigenvalue weighted by atomic mass is 32.2. The van der Waals surface area contributed by atoms with E-state index in [1.165, 1.54) is 11.8 Å². The predicted octanol–water partition coefficient (Wildman–Crippen LogP) is 2.61. The fourth-order valence-corrected chi connectivity index (χ4v) is 6.22. The molecule has 6 heterocycles. The fourth-order valence-electron chi connectivity index (χ4n) is 5.38. The van der Waals surface area contributed by atoms with Gasteiger partial charge in [-0.3, -0.25) is 0 Å². The molecule has 1 atom stereocenters. The summed E-state index contributed by atoms with van der Waals surface area (Å²) in [5.74, 6) is 3.47. The van der Waals surface area contributed by atoms with Crippen molar-refractivity contribution in [1.29, 1.82) is 0 Å². The van der Waals surface area contributed by atoms with Crippen molar-refractivity contribution in [1.82, 2.24) is 15.0 Å². The van der Waals surface area contributed by atoms with E-state index in [-0.39, 0.29) is 17.2 Å². The standard InChI is InChI=1S/C25H27N7O3S/c26-20-15-3-1-2-4-16(15)35-25(20)6-9-32(10-7-25)18-11-29-23(21(27)30-18)36-17-5-8-28-22-19(17)34-14-24(31-22)12-33-13-24/h1-5,8,11,20H,6-7,9-10,12-14,26H2,(H2,27,30)(H,28,31)/t20-/m1/s1. The summed E-state index contributed by atoms with van der Waals surface area (Å²) < 4.78 is 17.8. The molecule has 1 aromatic carbocycles. The molecule has 5 N–H and O–H groups in total. The van der Waals surface area contributed by atoms with Gasteiger partial charge in [0.15, 0.2) is 17.4 Å². The zero-order valence-corrected chi connectivity index (χ0v) is 20.5. The molecule has 3 aromatic rings. The number of nitrogens with one attached hydrogen (secondary N) is 1. The number of nitrogen functional groups attached to an aromatic ring is 1. The number of benzene rings is 1. The van der Waals surface area contributed by atoms with E-state index in [1.54, 1.807) is 12.4 Å². The molecule has 2 spiro atoms. The maximum atomic E-state index is 6.61. The van der Waals surface area contributed by atoms with Gasteiger partial charge in [-0.2, -0.15) is 0 Å². The maximum absolute atomic E-state index is 6.61. The lowest BCUT2D eigenvalue weighted by Crippen LogP contribution is -2.61. The third-order valence-corrected chi connectivity index (χ3v) is 8.58. The van der Waals surface area contributed by atoms with Gasteiger partial charge >= 0.3 is 0 Å². The average Bonchev–Trinajstić information content (AvgIpc) is 3.15. The number of hydrogen-bond acceptors (Lipinski definition) is 11. The van der Waals surface area contributed by atoms with Gasteiger partial charge in [0.05, 0.1) is 30.3 Å². The van der Waals surface area contributed by atoms with Crippen molar-refractivity contribution in [2.24, 2.45) is 5.73 Å². The Morgan fingerprint density at radius 1 is 1.08 bits per heavy atom. The Kier molecular flexibility index (Phi) is 4.95. The first-order valence-corrected chi connectivity index (χ1v) is 12.9. The summed E-state index contributed by atoms with van der Waals surface area (Å²) in [7, 11) is 0. The second-order valence-electron chi connectivity index (χ2n) is 9.86. The van der Waals surface area contributed by atoms with Gasteiger partial charge in [-0.25, -0.2) is 15.0 Å². The molecule has 0 aliphatic carbocycles. The summed E-state index contributed by atoms with van der Waals surface area (Å²) in [5, 5.41) is 4.10. The molecule has 186 valence electrons. The van der Waals surface area contributed by atoms with Crippen LogP contribution in [0.2, 0.25) is 0 Å². The van der Waals surface area contributed by atoms with Gasteiger partial charge < -0.3 is 35.9 Å². The smallest absolute Gasteiger partial charge is 0.175 e. The predicted molar refractivity (Wildman–Crippen MR) is 136 cm³/mol. The topological polar surface area (TPSA) is 134 Å². The quantitative estimate of drug-likeness (QED) is 0.485. The molecule has 0 amide bonds. The Morgan fingerprint density at radius 2 is 1.92 bits per heavy atom. The van der Waals surface area contributed by atoms with E-state index in [0.717, 1.165) is 53.8 Å². The van der Waals surface area contributed by atoms with Gasteiger partial charge in [0.1, 0.15) is 34.3 Å². The molecule has 36 heavy (non-hydrogen) atoms. The molecular formula is C25H27N7O3S. The van der Waals surface area contributed by atoms with Crippen LogP contribution in [0.15, 0.2) is 52.6 Å². The molecule has 0 radical (unpaired) electrons. The largest absolute Gasteiger partial charge is 0.486 e. The minimum atomic E-state index is -0.367. The van der Waals surface area contributed by atoms with E-state index in [2.05, 4.69) is 31.2 Å². The second-order valence-corrected chi connectivity index (χ2v) is 10.9. The molecular weight excluding hydrogens is 478 g/mol. The fraction of sp³-hybridized carbons (Fsp3) is 0.400. The third kappa shape index (κ3) is 3.45. The number of nitrogens with zero attached hydrogens (tertiary/aromatic N) is 4. The normalized spacial score (nSPS) is 22.7. The van der Waals surface area contributed by atoms with Crippen LogP contribution in [0.4, 0.5) is 17.5 Å². The van der Waals surface area contributed by atoms with Crippen molar-refractivity contribution >= 4 is 29.2 Å². The van der Waals surface area contributed by atoms with Gasteiger partial charge in [0.2, 0.25) is 0 Å². The van der Waals surface area contributed by atoms with Crippen molar-refractivity contribution in [2.45, 2.75) is 39.9 Å². The zero-order chi connectivity index (χ0) is 24.3. The van der Waals surface area contributed by atoms with Crippen molar-refractivity contribution in [3.05, 3.63) is 48.3 Å². The summed E-state index contributed by atoms with van der Waals surface area (Å²) in [5.41, 5.74) is 13.5. The minimum absolute atomic E-state index is 0.125. The van der Waals surface area contributed by atoms with Gasteiger partial charge in [0.25, 0.3) is 0 Å². The Morgan fingerprint density at radius 3 is 2.67 bits per heavy atom. The Labute approximate surface area is 212 Å². The summed E-state index contributed by atoms with van der Waals surface area (Å²) in [4.78, 5) is 16.9. The number of nitrogens with two attached hydrogens (primary N) is 2. The van der Waals surface area contributed by atoms with Gasteiger partial charge in [-0.15, -0.1) is 0 Å². The van der Waals surface area contributed by atoms with Crippen molar-refractivity contribution in [3.63, 3.8) is 0 Å². The van der Waals surface area contributed by atoms with Crippen LogP contribution in [0, 0.1) is 0 Å². The van der Waals surface area contributed by atoms with E-state index in [4.69, 9.17) is 25.7 Å². The molecule has 0 bridgehead atoms. The van der Waals surface area contributed by atoms with Crippen LogP contribution in [0.5, 0.6) is 11.5 Å². The van der Waals surface area contributed by atoms with Crippen LogP contribution in [0.3, 0.4) is 0 Å². The summed E-state index contributed by atoms with van der Waals surface area (Å²) in [6.07, 6.45) is 5.15. The highest BCUT2D eigenvalue weighted by molar-refractivity contribution is 7.99. The first-order chi connectivity index (χ1) is 17.5. The maximum Gasteiger partial charge on any atom is 0.175 e. The van der Waals surface area contributed by atoms with Crippen LogP contribution < -0.4 is 31.2 Å². The SMILES string of the molecule is Nc1nc(N2CCC3(CC2)Oc2ccccc2[C@H]3N)cnc1Sc1ccnc2c1OCC1(COC1)N2. The zero-order valence-electron chi connectivity index (χ0n) is 19.6. The molecule has 2 saturated heterocycles. The number of fused-ring (bicyclic) bond motifs is 2. The molecule has 4 aliphatic rings. The second kappa shape index (κ2) is 8.12. The molecule has 2 aromatic heterocycles. The Balaban J connectivity index is 1.05. The van der Waals surface area contributed by atoms with Crippen LogP contribution in [0.25, 0.3) is 0 Å². The Bertz CT molecular complexity index is 1330. The van der Waals surface area contributed by atoms with E-state index >= 15 is 0 Å². The van der Waals surface area contributed by atoms with Crippen LogP contribution in [-0.4, -0.2) is 59.0 Å². The molecule has 0 unspecified atom stereocenters. The number of anilines is 3.